The number of likely N-dealkylation sites (tertiary alicyclic amines) is 1. The molecule has 2 aliphatic rings. The summed E-state index contributed by atoms with van der Waals surface area (Å²) in [4.78, 5) is 16.8. The molecule has 2 atom stereocenters. The lowest BCUT2D eigenvalue weighted by Gasteiger charge is -2.26. The largest absolute Gasteiger partial charge is 0.613 e. The van der Waals surface area contributed by atoms with E-state index in [-0.39, 0.29) is 18.3 Å². The summed E-state index contributed by atoms with van der Waals surface area (Å²) in [5.41, 5.74) is -1.82. The number of carbonyl (C=O) groups excluding carboxylic acids is 1. The normalized spacial score (nSPS) is 23.3. The summed E-state index contributed by atoms with van der Waals surface area (Å²) >= 11 is -1.43. The average molecular weight is 352 g/mol. The first-order valence-electron chi connectivity index (χ1n) is 7.24. The Morgan fingerprint density at radius 3 is 2.87 bits per heavy atom. The number of alkyl halides is 3. The van der Waals surface area contributed by atoms with Crippen molar-refractivity contribution in [1.29, 1.82) is 0 Å². The Bertz CT molecular complexity index is 508. The van der Waals surface area contributed by atoms with E-state index in [0.29, 0.717) is 32.1 Å². The van der Waals surface area contributed by atoms with E-state index < -0.39 is 28.4 Å². The first-order valence-corrected chi connectivity index (χ1v) is 8.86. The Morgan fingerprint density at radius 1 is 1.57 bits per heavy atom. The van der Waals surface area contributed by atoms with E-state index in [1.54, 1.807) is 4.90 Å². The number of aliphatic imine (C=N–C) groups is 1. The highest BCUT2D eigenvalue weighted by atomic mass is 32.2. The third-order valence-corrected chi connectivity index (χ3v) is 4.44. The molecule has 0 aromatic carbocycles. The summed E-state index contributed by atoms with van der Waals surface area (Å²) in [6.07, 6.45) is -0.585. The Balaban J connectivity index is 1.91. The van der Waals surface area contributed by atoms with Crippen LogP contribution in [0.3, 0.4) is 0 Å². The molecule has 0 aromatic heterocycles. The van der Waals surface area contributed by atoms with Crippen LogP contribution in [-0.2, 0) is 16.0 Å². The van der Waals surface area contributed by atoms with E-state index in [1.807, 2.05) is 0 Å². The topological polar surface area (TPSA) is 79.8 Å². The number of amides is 1. The molecule has 0 bridgehead atoms. The van der Waals surface area contributed by atoms with E-state index in [0.717, 1.165) is 6.42 Å². The lowest BCUT2D eigenvalue weighted by molar-refractivity contribution is -0.127. The smallest absolute Gasteiger partial charge is 0.421 e. The zero-order valence-electron chi connectivity index (χ0n) is 12.7. The molecule has 2 heterocycles. The summed E-state index contributed by atoms with van der Waals surface area (Å²) in [5, 5.41) is 5.20. The van der Waals surface area contributed by atoms with Gasteiger partial charge in [0, 0.05) is 32.3 Å². The van der Waals surface area contributed by atoms with Gasteiger partial charge in [-0.15, -0.1) is 0 Å². The Morgan fingerprint density at radius 2 is 2.30 bits per heavy atom. The molecule has 2 unspecified atom stereocenters. The number of nitrogens with zero attached hydrogens (tertiary/aromatic N) is 2. The predicted octanol–water partition coefficient (Wildman–Crippen LogP) is 0.698. The summed E-state index contributed by atoms with van der Waals surface area (Å²) in [6, 6.07) is 0. The molecule has 2 N–H and O–H groups in total. The maximum Gasteiger partial charge on any atom is 0.421 e. The van der Waals surface area contributed by atoms with E-state index in [2.05, 4.69) is 15.6 Å². The number of rotatable bonds is 6. The fourth-order valence-electron chi connectivity index (χ4n) is 2.40. The molecule has 0 radical (unpaired) electrons. The van der Waals surface area contributed by atoms with E-state index in [1.165, 1.54) is 6.26 Å². The molecule has 6 nitrogen and oxygen atoms in total. The number of allylic oxidation sites excluding steroid dienone is 1. The molecule has 130 valence electrons. The van der Waals surface area contributed by atoms with Crippen LogP contribution < -0.4 is 10.6 Å². The van der Waals surface area contributed by atoms with Crippen LogP contribution in [0.2, 0.25) is 0 Å². The van der Waals surface area contributed by atoms with Crippen molar-refractivity contribution in [2.24, 2.45) is 4.99 Å². The molecule has 0 aromatic rings. The van der Waals surface area contributed by atoms with Crippen LogP contribution >= 0.6 is 0 Å². The van der Waals surface area contributed by atoms with Crippen molar-refractivity contribution in [3.63, 3.8) is 0 Å². The van der Waals surface area contributed by atoms with Crippen LogP contribution in [0, 0.1) is 0 Å². The van der Waals surface area contributed by atoms with Crippen LogP contribution in [0.5, 0.6) is 0 Å². The van der Waals surface area contributed by atoms with Gasteiger partial charge in [-0.1, -0.05) is 0 Å². The maximum absolute atomic E-state index is 13.0. The number of halogens is 3. The zero-order valence-corrected chi connectivity index (χ0v) is 13.5. The van der Waals surface area contributed by atoms with Crippen molar-refractivity contribution in [2.45, 2.75) is 30.9 Å². The number of nitrogens with one attached hydrogen (secondary N) is 2. The Hall–Kier alpha value is -1.42. The van der Waals surface area contributed by atoms with Gasteiger partial charge >= 0.3 is 6.18 Å². The summed E-state index contributed by atoms with van der Waals surface area (Å²) in [5.74, 6) is -0.134. The van der Waals surface area contributed by atoms with Gasteiger partial charge in [-0.3, -0.25) is 4.79 Å². The van der Waals surface area contributed by atoms with Gasteiger partial charge < -0.3 is 20.1 Å². The van der Waals surface area contributed by atoms with Crippen LogP contribution in [0.25, 0.3) is 0 Å². The molecule has 1 amide bonds. The van der Waals surface area contributed by atoms with Crippen LogP contribution in [0.15, 0.2) is 16.4 Å². The highest BCUT2D eigenvalue weighted by Gasteiger charge is 2.39. The first kappa shape index (κ1) is 17.9. The Kier molecular flexibility index (Phi) is 5.79. The minimum atomic E-state index is -4.55. The molecule has 2 rings (SSSR count). The minimum Gasteiger partial charge on any atom is -0.613 e. The fourth-order valence-corrected chi connectivity index (χ4v) is 2.91. The SMILES string of the molecule is C[S+]([O-])C1N=CC(C(F)(F)F)=C(NCCCN2CCCC2=O)N1. The molecule has 1 saturated heterocycles. The average Bonchev–Trinajstić information content (AvgIpc) is 2.87. The van der Waals surface area contributed by atoms with Gasteiger partial charge in [0.15, 0.2) is 0 Å². The molecule has 0 aliphatic carbocycles. The second-order valence-electron chi connectivity index (χ2n) is 5.32. The first-order chi connectivity index (χ1) is 10.8. The minimum absolute atomic E-state index is 0.0876. The Labute approximate surface area is 135 Å². The van der Waals surface area contributed by atoms with E-state index >= 15 is 0 Å². The standard InChI is InChI=1S/C13H19F3N4O2S/c1-23(22)12-18-8-9(13(14,15)16)11(19-12)17-5-3-7-20-6-2-4-10(20)21/h8,12,17,19H,2-7H2,1H3. The predicted molar refractivity (Wildman–Crippen MR) is 81.0 cm³/mol. The van der Waals surface area contributed by atoms with Crippen molar-refractivity contribution < 1.29 is 22.5 Å². The molecule has 1 fully saturated rings. The summed E-state index contributed by atoms with van der Waals surface area (Å²) in [7, 11) is 0. The molecular weight excluding hydrogens is 333 g/mol. The molecule has 23 heavy (non-hydrogen) atoms. The fraction of sp³-hybridized carbons (Fsp3) is 0.692. The molecule has 2 aliphatic heterocycles. The van der Waals surface area contributed by atoms with Crippen LogP contribution in [0.1, 0.15) is 19.3 Å². The number of carbonyl (C=O) groups is 1. The number of hydrogen-bond acceptors (Lipinski definition) is 5. The van der Waals surface area contributed by atoms with Crippen molar-refractivity contribution in [3.8, 4) is 0 Å². The highest BCUT2D eigenvalue weighted by molar-refractivity contribution is 7.91. The monoisotopic (exact) mass is 352 g/mol. The second kappa shape index (κ2) is 7.43. The van der Waals surface area contributed by atoms with Gasteiger partial charge in [0.25, 0.3) is 5.50 Å². The van der Waals surface area contributed by atoms with Crippen LogP contribution in [-0.4, -0.2) is 59.1 Å². The van der Waals surface area contributed by atoms with Crippen LogP contribution in [0.4, 0.5) is 13.2 Å². The van der Waals surface area contributed by atoms with Gasteiger partial charge in [0.1, 0.15) is 11.4 Å². The lowest BCUT2D eigenvalue weighted by Crippen LogP contribution is -2.44. The van der Waals surface area contributed by atoms with Gasteiger partial charge in [-0.05, 0) is 24.0 Å². The van der Waals surface area contributed by atoms with Crippen molar-refractivity contribution >= 4 is 23.3 Å². The van der Waals surface area contributed by atoms with Gasteiger partial charge in [-0.2, -0.15) is 13.2 Å². The molecule has 0 saturated carbocycles. The lowest BCUT2D eigenvalue weighted by atomic mass is 10.2. The molecule has 10 heteroatoms. The molecular formula is C13H19F3N4O2S. The zero-order chi connectivity index (χ0) is 17.0. The maximum atomic E-state index is 13.0. The highest BCUT2D eigenvalue weighted by Crippen LogP contribution is 2.27. The summed E-state index contributed by atoms with van der Waals surface area (Å²) in [6.45, 7) is 1.48. The molecule has 0 spiro atoms. The second-order valence-corrected chi connectivity index (χ2v) is 6.77. The van der Waals surface area contributed by atoms with Gasteiger partial charge in [0.05, 0.1) is 6.26 Å². The third kappa shape index (κ3) is 4.77. The van der Waals surface area contributed by atoms with Gasteiger partial charge in [-0.25, -0.2) is 4.99 Å². The van der Waals surface area contributed by atoms with Crippen molar-refractivity contribution in [1.82, 2.24) is 15.5 Å². The summed E-state index contributed by atoms with van der Waals surface area (Å²) < 4.78 is 50.3. The number of hydrogen-bond donors (Lipinski definition) is 2. The van der Waals surface area contributed by atoms with Gasteiger partial charge in [0.2, 0.25) is 5.91 Å². The van der Waals surface area contributed by atoms with Crippen molar-refractivity contribution in [3.05, 3.63) is 11.4 Å². The third-order valence-electron chi connectivity index (χ3n) is 3.57. The van der Waals surface area contributed by atoms with Crippen molar-refractivity contribution in [2.75, 3.05) is 25.9 Å². The quantitative estimate of drug-likeness (QED) is 0.545. The van der Waals surface area contributed by atoms with E-state index in [9.17, 15) is 22.5 Å². The van der Waals surface area contributed by atoms with E-state index in [4.69, 9.17) is 0 Å².